The van der Waals surface area contributed by atoms with E-state index in [4.69, 9.17) is 9.84 Å². The van der Waals surface area contributed by atoms with Gasteiger partial charge in [0.1, 0.15) is 11.6 Å². The van der Waals surface area contributed by atoms with Crippen LogP contribution in [-0.2, 0) is 17.6 Å². The number of carbonyl (C=O) groups is 1. The molecule has 0 radical (unpaired) electrons. The predicted molar refractivity (Wildman–Crippen MR) is 81.3 cm³/mol. The molecule has 6 heteroatoms. The molecular weight excluding hydrogens is 284 g/mol. The van der Waals surface area contributed by atoms with Gasteiger partial charge in [0.15, 0.2) is 0 Å². The maximum atomic E-state index is 11.5. The topological polar surface area (TPSA) is 92.3 Å². The Bertz CT molecular complexity index is 737. The Hall–Kier alpha value is -2.63. The van der Waals surface area contributed by atoms with Crippen molar-refractivity contribution in [3.8, 4) is 5.75 Å². The molecule has 0 unspecified atom stereocenters. The van der Waals surface area contributed by atoms with Gasteiger partial charge in [-0.25, -0.2) is 4.98 Å². The number of carboxylic acid groups (broad SMARTS) is 1. The molecule has 2 aromatic rings. The number of rotatable bonds is 6. The second-order valence-electron chi connectivity index (χ2n) is 5.12. The monoisotopic (exact) mass is 302 g/mol. The zero-order chi connectivity index (χ0) is 16.1. The standard InChI is InChI=1S/C16H18N2O4/c1-10-3-4-11(2)13(7-10)22-6-5-14-17-12(9-16(20)21)8-15(19)18-14/h3-4,7-8H,5-6,9H2,1-2H3,(H,20,21)(H,17,18,19). The second kappa shape index (κ2) is 6.89. The fourth-order valence-corrected chi connectivity index (χ4v) is 2.05. The lowest BCUT2D eigenvalue weighted by molar-refractivity contribution is -0.136. The summed E-state index contributed by atoms with van der Waals surface area (Å²) in [6, 6.07) is 7.14. The zero-order valence-corrected chi connectivity index (χ0v) is 12.5. The third-order valence-electron chi connectivity index (χ3n) is 3.12. The lowest BCUT2D eigenvalue weighted by Crippen LogP contribution is -2.17. The molecule has 1 aromatic carbocycles. The number of nitrogens with one attached hydrogen (secondary N) is 1. The molecule has 0 aliphatic heterocycles. The van der Waals surface area contributed by atoms with E-state index in [1.54, 1.807) is 0 Å². The van der Waals surface area contributed by atoms with Crippen molar-refractivity contribution < 1.29 is 14.6 Å². The Labute approximate surface area is 127 Å². The molecule has 6 nitrogen and oxygen atoms in total. The Morgan fingerprint density at radius 1 is 1.32 bits per heavy atom. The highest BCUT2D eigenvalue weighted by Crippen LogP contribution is 2.19. The van der Waals surface area contributed by atoms with Gasteiger partial charge in [0.05, 0.1) is 18.7 Å². The summed E-state index contributed by atoms with van der Waals surface area (Å²) in [6.45, 7) is 4.30. The van der Waals surface area contributed by atoms with Gasteiger partial charge in [-0.05, 0) is 31.0 Å². The average Bonchev–Trinajstić information content (AvgIpc) is 2.41. The lowest BCUT2D eigenvalue weighted by Gasteiger charge is -2.10. The van der Waals surface area contributed by atoms with Crippen LogP contribution in [0.15, 0.2) is 29.1 Å². The zero-order valence-electron chi connectivity index (χ0n) is 12.5. The van der Waals surface area contributed by atoms with Crippen LogP contribution >= 0.6 is 0 Å². The number of aliphatic carboxylic acids is 1. The fraction of sp³-hybridized carbons (Fsp3) is 0.312. The molecular formula is C16H18N2O4. The van der Waals surface area contributed by atoms with Gasteiger partial charge in [-0.1, -0.05) is 12.1 Å². The summed E-state index contributed by atoms with van der Waals surface area (Å²) in [5.41, 5.74) is 2.04. The first-order chi connectivity index (χ1) is 10.4. The van der Waals surface area contributed by atoms with Crippen LogP contribution in [0.2, 0.25) is 0 Å². The summed E-state index contributed by atoms with van der Waals surface area (Å²) in [5, 5.41) is 8.75. The van der Waals surface area contributed by atoms with Crippen LogP contribution in [0.25, 0.3) is 0 Å². The third-order valence-corrected chi connectivity index (χ3v) is 3.12. The molecule has 1 heterocycles. The van der Waals surface area contributed by atoms with Crippen LogP contribution in [-0.4, -0.2) is 27.7 Å². The molecule has 2 rings (SSSR count). The Balaban J connectivity index is 2.02. The van der Waals surface area contributed by atoms with Crippen LogP contribution in [0, 0.1) is 13.8 Å². The van der Waals surface area contributed by atoms with Crippen LogP contribution < -0.4 is 10.3 Å². The van der Waals surface area contributed by atoms with Gasteiger partial charge >= 0.3 is 5.97 Å². The molecule has 0 aliphatic rings. The summed E-state index contributed by atoms with van der Waals surface area (Å²) < 4.78 is 5.70. The van der Waals surface area contributed by atoms with Crippen LogP contribution in [0.5, 0.6) is 5.75 Å². The normalized spacial score (nSPS) is 10.5. The van der Waals surface area contributed by atoms with Crippen LogP contribution in [0.1, 0.15) is 22.6 Å². The summed E-state index contributed by atoms with van der Waals surface area (Å²) in [4.78, 5) is 28.9. The van der Waals surface area contributed by atoms with E-state index in [0.29, 0.717) is 18.9 Å². The van der Waals surface area contributed by atoms with Gasteiger partial charge in [-0.15, -0.1) is 0 Å². The van der Waals surface area contributed by atoms with Gasteiger partial charge < -0.3 is 14.8 Å². The third kappa shape index (κ3) is 4.44. The van der Waals surface area contributed by atoms with Crippen molar-refractivity contribution in [1.29, 1.82) is 0 Å². The number of hydrogen-bond donors (Lipinski definition) is 2. The Morgan fingerprint density at radius 3 is 2.82 bits per heavy atom. The minimum atomic E-state index is -1.02. The lowest BCUT2D eigenvalue weighted by atomic mass is 10.1. The number of aromatic amines is 1. The molecule has 0 saturated heterocycles. The van der Waals surface area contributed by atoms with E-state index < -0.39 is 5.97 Å². The van der Waals surface area contributed by atoms with E-state index >= 15 is 0 Å². The van der Waals surface area contributed by atoms with Gasteiger partial charge in [0.25, 0.3) is 5.56 Å². The number of aromatic nitrogens is 2. The first-order valence-corrected chi connectivity index (χ1v) is 6.95. The molecule has 0 bridgehead atoms. The first-order valence-electron chi connectivity index (χ1n) is 6.95. The molecule has 0 fully saturated rings. The number of ether oxygens (including phenoxy) is 1. The van der Waals surface area contributed by atoms with E-state index in [1.165, 1.54) is 6.07 Å². The molecule has 0 aliphatic carbocycles. The molecule has 0 spiro atoms. The van der Waals surface area contributed by atoms with Crippen molar-refractivity contribution in [2.45, 2.75) is 26.7 Å². The van der Waals surface area contributed by atoms with Crippen molar-refractivity contribution in [3.05, 3.63) is 57.3 Å². The smallest absolute Gasteiger partial charge is 0.309 e. The molecule has 0 amide bonds. The van der Waals surface area contributed by atoms with Gasteiger partial charge in [-0.2, -0.15) is 0 Å². The molecule has 0 saturated carbocycles. The van der Waals surface area contributed by atoms with Crippen molar-refractivity contribution in [2.75, 3.05) is 6.61 Å². The number of nitrogens with zero attached hydrogens (tertiary/aromatic N) is 1. The maximum absolute atomic E-state index is 11.5. The van der Waals surface area contributed by atoms with Crippen LogP contribution in [0.3, 0.4) is 0 Å². The number of benzene rings is 1. The number of H-pyrrole nitrogens is 1. The predicted octanol–water partition coefficient (Wildman–Crippen LogP) is 1.64. The first kappa shape index (κ1) is 15.8. The Morgan fingerprint density at radius 2 is 2.09 bits per heavy atom. The SMILES string of the molecule is Cc1ccc(C)c(OCCc2nc(CC(=O)O)cc(=O)[nH]2)c1. The largest absolute Gasteiger partial charge is 0.493 e. The van der Waals surface area contributed by atoms with E-state index in [0.717, 1.165) is 16.9 Å². The summed E-state index contributed by atoms with van der Waals surface area (Å²) in [7, 11) is 0. The molecule has 116 valence electrons. The number of hydrogen-bond acceptors (Lipinski definition) is 4. The summed E-state index contributed by atoms with van der Waals surface area (Å²) >= 11 is 0. The van der Waals surface area contributed by atoms with Crippen molar-refractivity contribution in [1.82, 2.24) is 9.97 Å². The van der Waals surface area contributed by atoms with E-state index in [2.05, 4.69) is 9.97 Å². The highest BCUT2D eigenvalue weighted by Gasteiger charge is 2.06. The molecule has 1 aromatic heterocycles. The quantitative estimate of drug-likeness (QED) is 0.846. The molecule has 22 heavy (non-hydrogen) atoms. The summed E-state index contributed by atoms with van der Waals surface area (Å²) in [5.74, 6) is 0.203. The Kier molecular flexibility index (Phi) is 4.93. The second-order valence-corrected chi connectivity index (χ2v) is 5.12. The van der Waals surface area contributed by atoms with E-state index in [9.17, 15) is 9.59 Å². The van der Waals surface area contributed by atoms with Crippen molar-refractivity contribution >= 4 is 5.97 Å². The van der Waals surface area contributed by atoms with E-state index in [-0.39, 0.29) is 17.7 Å². The van der Waals surface area contributed by atoms with Crippen molar-refractivity contribution in [3.63, 3.8) is 0 Å². The highest BCUT2D eigenvalue weighted by molar-refractivity contribution is 5.69. The maximum Gasteiger partial charge on any atom is 0.309 e. The minimum Gasteiger partial charge on any atom is -0.493 e. The van der Waals surface area contributed by atoms with Crippen LogP contribution in [0.4, 0.5) is 0 Å². The fourth-order valence-electron chi connectivity index (χ4n) is 2.05. The summed E-state index contributed by atoms with van der Waals surface area (Å²) in [6.07, 6.45) is 0.130. The average molecular weight is 302 g/mol. The van der Waals surface area contributed by atoms with Gasteiger partial charge in [-0.3, -0.25) is 9.59 Å². The highest BCUT2D eigenvalue weighted by atomic mass is 16.5. The number of aryl methyl sites for hydroxylation is 2. The van der Waals surface area contributed by atoms with Gasteiger partial charge in [0.2, 0.25) is 0 Å². The van der Waals surface area contributed by atoms with Gasteiger partial charge in [0, 0.05) is 12.5 Å². The number of carboxylic acids is 1. The van der Waals surface area contributed by atoms with Crippen molar-refractivity contribution in [2.24, 2.45) is 0 Å². The molecule has 0 atom stereocenters. The molecule has 2 N–H and O–H groups in total. The minimum absolute atomic E-state index is 0.248. The van der Waals surface area contributed by atoms with E-state index in [1.807, 2.05) is 32.0 Å².